The summed E-state index contributed by atoms with van der Waals surface area (Å²) in [6, 6.07) is 58.5. The smallest absolute Gasteiger partial charge is 0.0618 e. The van der Waals surface area contributed by atoms with Gasteiger partial charge in [0, 0.05) is 46.0 Å². The van der Waals surface area contributed by atoms with E-state index >= 15 is 0 Å². The highest BCUT2D eigenvalue weighted by atomic mass is 15.2. The molecule has 4 bridgehead atoms. The average molecular weight is 624 g/mol. The summed E-state index contributed by atoms with van der Waals surface area (Å²) < 4.78 is 0. The number of hydrogen-bond donors (Lipinski definition) is 1. The predicted molar refractivity (Wildman–Crippen MR) is 202 cm³/mol. The highest BCUT2D eigenvalue weighted by Gasteiger charge is 2.47. The van der Waals surface area contributed by atoms with Gasteiger partial charge in [0.1, 0.15) is 0 Å². The molecule has 2 saturated heterocycles. The molecule has 0 unspecified atom stereocenters. The topological polar surface area (TPSA) is 18.5 Å². The summed E-state index contributed by atoms with van der Waals surface area (Å²) in [6.45, 7) is 0. The third-order valence-corrected chi connectivity index (χ3v) is 10.8. The highest BCUT2D eigenvalue weighted by Crippen LogP contribution is 2.53. The second kappa shape index (κ2) is 12.4. The summed E-state index contributed by atoms with van der Waals surface area (Å²) >= 11 is 0. The van der Waals surface area contributed by atoms with Gasteiger partial charge in [-0.15, -0.1) is 0 Å². The molecule has 48 heavy (non-hydrogen) atoms. The quantitative estimate of drug-likeness (QED) is 0.182. The van der Waals surface area contributed by atoms with Gasteiger partial charge < -0.3 is 15.1 Å². The van der Waals surface area contributed by atoms with Crippen molar-refractivity contribution in [3.8, 4) is 22.3 Å². The molecular weight excluding hydrogens is 583 g/mol. The van der Waals surface area contributed by atoms with E-state index in [1.807, 2.05) is 0 Å². The molecule has 0 radical (unpaired) electrons. The average Bonchev–Trinajstić information content (AvgIpc) is 3.13. The fourth-order valence-corrected chi connectivity index (χ4v) is 9.06. The Labute approximate surface area is 284 Å². The fourth-order valence-electron chi connectivity index (χ4n) is 9.06. The fraction of sp³-hybridized carbons (Fsp3) is 0.200. The van der Waals surface area contributed by atoms with Crippen LogP contribution in [-0.4, -0.2) is 12.1 Å². The Morgan fingerprint density at radius 1 is 0.458 bits per heavy atom. The Bertz CT molecular complexity index is 1920. The van der Waals surface area contributed by atoms with Crippen LogP contribution in [0.5, 0.6) is 0 Å². The molecule has 0 aromatic heterocycles. The first-order valence-electron chi connectivity index (χ1n) is 17.6. The third-order valence-electron chi connectivity index (χ3n) is 10.8. The van der Waals surface area contributed by atoms with Crippen LogP contribution in [0.4, 0.5) is 34.1 Å². The van der Waals surface area contributed by atoms with E-state index in [4.69, 9.17) is 0 Å². The monoisotopic (exact) mass is 623 g/mol. The van der Waals surface area contributed by atoms with Crippen LogP contribution in [0.3, 0.4) is 0 Å². The molecule has 3 heteroatoms. The van der Waals surface area contributed by atoms with Crippen molar-refractivity contribution in [2.75, 3.05) is 15.1 Å². The largest absolute Gasteiger partial charge is 0.365 e. The summed E-state index contributed by atoms with van der Waals surface area (Å²) in [5.74, 6) is 1.81. The SMILES string of the molecule is c1ccc(Nc2cc(N(c3ccccc3)c3c(-c4ccccc4)cccc3-c3ccccc3)cc(N3C4CC5CC(C4)CC3C5)c2)cc1. The zero-order valence-corrected chi connectivity index (χ0v) is 27.3. The Kier molecular flexibility index (Phi) is 7.46. The molecule has 3 nitrogen and oxygen atoms in total. The van der Waals surface area contributed by atoms with Gasteiger partial charge in [0.05, 0.1) is 11.4 Å². The first kappa shape index (κ1) is 28.9. The number of benzene rings is 6. The molecule has 2 aliphatic heterocycles. The van der Waals surface area contributed by atoms with Gasteiger partial charge >= 0.3 is 0 Å². The standard InChI is InChI=1S/C45H41N3/c1-5-14-34(15-6-1)43-22-13-23-44(35-16-7-2-8-17-35)45(43)48(38-20-11-4-12-21-38)42-30-37(46-36-18-9-3-10-19-36)29-41(31-42)47-39-25-32-24-33(27-39)28-40(47)26-32/h1-23,29-33,39-40,46H,24-28H2. The van der Waals surface area contributed by atoms with Crippen LogP contribution in [0.2, 0.25) is 0 Å². The first-order valence-corrected chi connectivity index (χ1v) is 17.6. The molecule has 0 spiro atoms. The molecule has 6 aromatic rings. The van der Waals surface area contributed by atoms with Crippen molar-refractivity contribution in [1.82, 2.24) is 0 Å². The van der Waals surface area contributed by atoms with Gasteiger partial charge in [0.2, 0.25) is 0 Å². The molecule has 236 valence electrons. The van der Waals surface area contributed by atoms with Gasteiger partial charge in [-0.1, -0.05) is 115 Å². The Hall–Kier alpha value is -5.28. The molecule has 2 heterocycles. The summed E-state index contributed by atoms with van der Waals surface area (Å²) in [4.78, 5) is 5.32. The van der Waals surface area contributed by atoms with Crippen molar-refractivity contribution in [2.24, 2.45) is 11.8 Å². The minimum Gasteiger partial charge on any atom is -0.365 e. The van der Waals surface area contributed by atoms with Crippen molar-refractivity contribution in [3.63, 3.8) is 0 Å². The summed E-state index contributed by atoms with van der Waals surface area (Å²) in [7, 11) is 0. The van der Waals surface area contributed by atoms with Crippen molar-refractivity contribution in [2.45, 2.75) is 44.2 Å². The first-order chi connectivity index (χ1) is 23.8. The van der Waals surface area contributed by atoms with Crippen LogP contribution in [0.25, 0.3) is 22.3 Å². The Balaban J connectivity index is 1.28. The minimum absolute atomic E-state index is 0.628. The van der Waals surface area contributed by atoms with E-state index in [0.717, 1.165) is 34.6 Å². The molecular formula is C45H41N3. The van der Waals surface area contributed by atoms with Gasteiger partial charge in [0.25, 0.3) is 0 Å². The second-order valence-corrected chi connectivity index (χ2v) is 14.0. The molecule has 0 atom stereocenters. The van der Waals surface area contributed by atoms with Gasteiger partial charge in [-0.2, -0.15) is 0 Å². The maximum atomic E-state index is 3.80. The van der Waals surface area contributed by atoms with Crippen LogP contribution in [0, 0.1) is 11.8 Å². The van der Waals surface area contributed by atoms with E-state index in [0.29, 0.717) is 12.1 Å². The number of nitrogens with zero attached hydrogens (tertiary/aromatic N) is 2. The normalized spacial score (nSPS) is 20.9. The maximum Gasteiger partial charge on any atom is 0.0618 e. The van der Waals surface area contributed by atoms with Gasteiger partial charge in [-0.05, 0) is 97.5 Å². The van der Waals surface area contributed by atoms with E-state index in [1.165, 1.54) is 65.7 Å². The van der Waals surface area contributed by atoms with Crippen molar-refractivity contribution >= 4 is 34.1 Å². The number of hydrogen-bond acceptors (Lipinski definition) is 3. The van der Waals surface area contributed by atoms with Gasteiger partial charge in [0.15, 0.2) is 0 Å². The molecule has 2 saturated carbocycles. The lowest BCUT2D eigenvalue weighted by Crippen LogP contribution is -2.58. The Morgan fingerprint density at radius 2 is 0.979 bits per heavy atom. The van der Waals surface area contributed by atoms with E-state index in [1.54, 1.807) is 0 Å². The van der Waals surface area contributed by atoms with Crippen LogP contribution < -0.4 is 15.1 Å². The molecule has 1 N–H and O–H groups in total. The number of para-hydroxylation sites is 3. The van der Waals surface area contributed by atoms with Crippen LogP contribution in [0.15, 0.2) is 158 Å². The number of rotatable bonds is 8. The third kappa shape index (κ3) is 5.44. The zero-order chi connectivity index (χ0) is 31.9. The molecule has 0 amide bonds. The molecule has 2 aliphatic carbocycles. The second-order valence-electron chi connectivity index (χ2n) is 14.0. The lowest BCUT2D eigenvalue weighted by Gasteiger charge is -2.57. The van der Waals surface area contributed by atoms with Crippen LogP contribution in [0.1, 0.15) is 32.1 Å². The van der Waals surface area contributed by atoms with Crippen molar-refractivity contribution in [1.29, 1.82) is 0 Å². The minimum atomic E-state index is 0.628. The highest BCUT2D eigenvalue weighted by molar-refractivity contribution is 5.98. The lowest BCUT2D eigenvalue weighted by molar-refractivity contribution is 0.0900. The zero-order valence-electron chi connectivity index (χ0n) is 27.3. The molecule has 10 rings (SSSR count). The number of piperidine rings is 2. The molecule has 4 fully saturated rings. The maximum absolute atomic E-state index is 3.80. The van der Waals surface area contributed by atoms with Gasteiger partial charge in [-0.3, -0.25) is 0 Å². The van der Waals surface area contributed by atoms with E-state index < -0.39 is 0 Å². The van der Waals surface area contributed by atoms with Crippen LogP contribution >= 0.6 is 0 Å². The van der Waals surface area contributed by atoms with E-state index in [2.05, 4.69) is 173 Å². The van der Waals surface area contributed by atoms with E-state index in [-0.39, 0.29) is 0 Å². The summed E-state index contributed by atoms with van der Waals surface area (Å²) in [6.07, 6.45) is 6.76. The number of nitrogens with one attached hydrogen (secondary N) is 1. The summed E-state index contributed by atoms with van der Waals surface area (Å²) in [5.41, 5.74) is 11.8. The predicted octanol–water partition coefficient (Wildman–Crippen LogP) is 12.0. The van der Waals surface area contributed by atoms with Crippen molar-refractivity contribution < 1.29 is 0 Å². The molecule has 4 aliphatic rings. The molecule has 6 aromatic carbocycles. The van der Waals surface area contributed by atoms with Gasteiger partial charge in [-0.25, -0.2) is 0 Å². The summed E-state index contributed by atoms with van der Waals surface area (Å²) in [5, 5.41) is 3.80. The number of anilines is 6. The lowest BCUT2D eigenvalue weighted by atomic mass is 9.63. The van der Waals surface area contributed by atoms with E-state index in [9.17, 15) is 0 Å². The Morgan fingerprint density at radius 3 is 1.54 bits per heavy atom. The van der Waals surface area contributed by atoms with Crippen molar-refractivity contribution in [3.05, 3.63) is 158 Å². The van der Waals surface area contributed by atoms with Crippen LogP contribution in [-0.2, 0) is 0 Å².